The summed E-state index contributed by atoms with van der Waals surface area (Å²) in [7, 11) is 0. The number of benzene rings is 3. The van der Waals surface area contributed by atoms with Crippen LogP contribution < -0.4 is 16.1 Å². The van der Waals surface area contributed by atoms with E-state index in [1.165, 1.54) is 0 Å². The summed E-state index contributed by atoms with van der Waals surface area (Å²) in [5.74, 6) is 1.22. The van der Waals surface area contributed by atoms with Crippen LogP contribution in [0.1, 0.15) is 49.3 Å². The molecule has 41 heavy (non-hydrogen) atoms. The Labute approximate surface area is 281 Å². The molecule has 0 saturated heterocycles. The predicted octanol–water partition coefficient (Wildman–Crippen LogP) is 5.23. The molecule has 0 spiro atoms. The Morgan fingerprint density at radius 2 is 1.63 bits per heavy atom. The molecular weight excluding hydrogens is 543 g/mol. The van der Waals surface area contributed by atoms with Crippen LogP contribution in [0.3, 0.4) is 0 Å². The summed E-state index contributed by atoms with van der Waals surface area (Å²) in [6.45, 7) is 6.54. The number of hydrogen-bond donors (Lipinski definition) is 1. The molecule has 0 fully saturated rings. The number of aromatic amines is 1. The number of nitrogens with zero attached hydrogens (tertiary/aromatic N) is 3. The number of ether oxygens (including phenoxy) is 1. The summed E-state index contributed by atoms with van der Waals surface area (Å²) in [6.07, 6.45) is 3.22. The number of hydrogen-bond acceptors (Lipinski definition) is 6. The summed E-state index contributed by atoms with van der Waals surface area (Å²) < 4.78 is 12.0. The molecule has 2 heterocycles. The van der Waals surface area contributed by atoms with Crippen molar-refractivity contribution in [3.05, 3.63) is 116 Å². The van der Waals surface area contributed by atoms with Gasteiger partial charge in [0, 0.05) is 17.5 Å². The summed E-state index contributed by atoms with van der Waals surface area (Å²) >= 11 is 0. The van der Waals surface area contributed by atoms with Crippen LogP contribution >= 0.6 is 0 Å². The second-order valence-corrected chi connectivity index (χ2v) is 9.62. The Kier molecular flexibility index (Phi) is 10.7. The van der Waals surface area contributed by atoms with Crippen molar-refractivity contribution in [2.45, 2.75) is 46.5 Å². The molecule has 0 unspecified atom stereocenters. The first-order chi connectivity index (χ1) is 19.5. The van der Waals surface area contributed by atoms with E-state index in [0.717, 1.165) is 58.6 Å². The average molecular weight is 577 g/mol. The van der Waals surface area contributed by atoms with Crippen molar-refractivity contribution in [2.24, 2.45) is 0 Å². The van der Waals surface area contributed by atoms with Crippen LogP contribution in [-0.4, -0.2) is 77.7 Å². The first-order valence-electron chi connectivity index (χ1n) is 13.6. The van der Waals surface area contributed by atoms with Gasteiger partial charge in [0.15, 0.2) is 5.82 Å². The molecule has 0 aliphatic rings. The monoisotopic (exact) mass is 576 g/mol. The molecule has 0 amide bonds. The second kappa shape index (κ2) is 14.2. The van der Waals surface area contributed by atoms with Crippen molar-refractivity contribution >= 4 is 51.4 Å². The Bertz CT molecular complexity index is 1720. The number of nitrogens with one attached hydrogen (secondary N) is 1. The molecule has 5 aromatic rings. The molecule has 0 saturated carbocycles. The van der Waals surface area contributed by atoms with Crippen molar-refractivity contribution in [3.8, 4) is 34.0 Å². The molecule has 8 nitrogen and oxygen atoms in total. The second-order valence-electron chi connectivity index (χ2n) is 9.62. The van der Waals surface area contributed by atoms with E-state index in [1.807, 2.05) is 86.6 Å². The van der Waals surface area contributed by atoms with Crippen LogP contribution in [0.2, 0.25) is 0 Å². The fourth-order valence-corrected chi connectivity index (χ4v) is 4.90. The van der Waals surface area contributed by atoms with E-state index >= 15 is 0 Å². The van der Waals surface area contributed by atoms with Gasteiger partial charge in [-0.1, -0.05) is 67.0 Å². The van der Waals surface area contributed by atoms with Gasteiger partial charge in [-0.25, -0.2) is 9.78 Å². The van der Waals surface area contributed by atoms with Gasteiger partial charge < -0.3 is 4.74 Å². The third-order valence-corrected chi connectivity index (χ3v) is 6.87. The molecule has 5 rings (SSSR count). The van der Waals surface area contributed by atoms with Gasteiger partial charge in [-0.3, -0.25) is 18.9 Å². The molecule has 2 aromatic heterocycles. The van der Waals surface area contributed by atoms with Gasteiger partial charge in [0.25, 0.3) is 5.56 Å². The van der Waals surface area contributed by atoms with Crippen LogP contribution in [0.4, 0.5) is 0 Å². The first-order valence-corrected chi connectivity index (χ1v) is 13.6. The number of aryl methyl sites for hydroxylation is 2. The van der Waals surface area contributed by atoms with Crippen LogP contribution in [0, 0.1) is 6.92 Å². The average Bonchev–Trinajstić information content (AvgIpc) is 3.41. The van der Waals surface area contributed by atoms with E-state index in [4.69, 9.17) is 14.2 Å². The molecule has 3 aromatic carbocycles. The van der Waals surface area contributed by atoms with Crippen LogP contribution in [0.15, 0.2) is 86.9 Å². The summed E-state index contributed by atoms with van der Waals surface area (Å²) in [5, 5.41) is 3.85. The van der Waals surface area contributed by atoms with Gasteiger partial charge in [-0.15, -0.1) is 0 Å². The van der Waals surface area contributed by atoms with E-state index in [9.17, 15) is 9.59 Å². The fourth-order valence-electron chi connectivity index (χ4n) is 4.90. The maximum atomic E-state index is 13.9. The maximum absolute atomic E-state index is 13.9. The molecule has 0 aliphatic carbocycles. The topological polar surface area (TPSA) is 103 Å². The molecule has 0 aliphatic heterocycles. The van der Waals surface area contributed by atoms with E-state index in [-0.39, 0.29) is 56.9 Å². The van der Waals surface area contributed by atoms with E-state index in [2.05, 4.69) is 17.1 Å². The van der Waals surface area contributed by atoms with Gasteiger partial charge in [-0.2, -0.15) is 0 Å². The van der Waals surface area contributed by atoms with Crippen molar-refractivity contribution < 1.29 is 9.26 Å². The third kappa shape index (κ3) is 7.05. The van der Waals surface area contributed by atoms with Crippen molar-refractivity contribution in [1.29, 1.82) is 0 Å². The van der Waals surface area contributed by atoms with E-state index in [1.54, 1.807) is 4.57 Å². The molecule has 1 N–H and O–H groups in total. The first kappa shape index (κ1) is 30.9. The SMILES string of the molecule is CCCCc1nc(C)n(-c2ccc(OCC)cc2)c(=O)c1Cc1ccc(-c2ccccc2-c2noc(=O)[nH]2)cc1.[KH]. The minimum atomic E-state index is -0.596. The van der Waals surface area contributed by atoms with E-state index in [0.29, 0.717) is 30.2 Å². The summed E-state index contributed by atoms with van der Waals surface area (Å²) in [4.78, 5) is 33.0. The molecular formula is C32H33KN4O4. The zero-order valence-corrected chi connectivity index (χ0v) is 22.9. The van der Waals surface area contributed by atoms with Gasteiger partial charge in [0.2, 0.25) is 0 Å². The molecule has 0 radical (unpaired) electrons. The zero-order valence-electron chi connectivity index (χ0n) is 22.9. The molecule has 206 valence electrons. The van der Waals surface area contributed by atoms with Crippen LogP contribution in [-0.2, 0) is 12.8 Å². The van der Waals surface area contributed by atoms with Crippen molar-refractivity contribution in [3.63, 3.8) is 0 Å². The van der Waals surface area contributed by atoms with Gasteiger partial charge in [0.1, 0.15) is 11.6 Å². The minimum absolute atomic E-state index is 0. The Balaban J connectivity index is 0.00000387. The third-order valence-electron chi connectivity index (χ3n) is 6.87. The Morgan fingerprint density at radius 3 is 2.27 bits per heavy atom. The Morgan fingerprint density at radius 1 is 0.927 bits per heavy atom. The number of rotatable bonds is 10. The van der Waals surface area contributed by atoms with Gasteiger partial charge in [-0.05, 0) is 67.6 Å². The van der Waals surface area contributed by atoms with Crippen LogP contribution in [0.25, 0.3) is 28.2 Å². The number of H-pyrrole nitrogens is 1. The number of unbranched alkanes of at least 4 members (excludes halogenated alkanes) is 1. The van der Waals surface area contributed by atoms with Crippen LogP contribution in [0.5, 0.6) is 5.75 Å². The molecule has 0 atom stereocenters. The van der Waals surface area contributed by atoms with Crippen molar-refractivity contribution in [1.82, 2.24) is 19.7 Å². The fraction of sp³-hybridized carbons (Fsp3) is 0.250. The van der Waals surface area contributed by atoms with Crippen molar-refractivity contribution in [2.75, 3.05) is 6.61 Å². The standard InChI is InChI=1S/C32H32N4O4.K.H/c1-4-6-11-29-28(31(37)36(21(3)33-29)24-16-18-25(19-17-24)39-5-2)20-22-12-14-23(15-13-22)26-9-7-8-10-27(26)30-34-32(38)40-35-30;;/h7-10,12-19H,4-6,11,20H2,1-3H3,(H,34,35,38);;. The molecule has 0 bridgehead atoms. The molecule has 9 heteroatoms. The predicted molar refractivity (Wildman–Crippen MR) is 162 cm³/mol. The Hall–Kier alpha value is -3.08. The zero-order chi connectivity index (χ0) is 28.1. The normalized spacial score (nSPS) is 10.8. The number of aromatic nitrogens is 4. The quantitative estimate of drug-likeness (QED) is 0.228. The summed E-state index contributed by atoms with van der Waals surface area (Å²) in [6, 6.07) is 23.3. The van der Waals surface area contributed by atoms with Gasteiger partial charge >= 0.3 is 57.1 Å². The summed E-state index contributed by atoms with van der Waals surface area (Å²) in [5.41, 5.74) is 5.93. The van der Waals surface area contributed by atoms with E-state index < -0.39 is 5.76 Å². The van der Waals surface area contributed by atoms with Gasteiger partial charge in [0.05, 0.1) is 18.0 Å².